The lowest BCUT2D eigenvalue weighted by Crippen LogP contribution is -1.94. The van der Waals surface area contributed by atoms with E-state index in [2.05, 4.69) is 31.1 Å². The van der Waals surface area contributed by atoms with Crippen LogP contribution in [0.4, 0.5) is 0 Å². The van der Waals surface area contributed by atoms with Crippen molar-refractivity contribution in [3.63, 3.8) is 0 Å². The van der Waals surface area contributed by atoms with Crippen molar-refractivity contribution in [3.8, 4) is 0 Å². The largest absolute Gasteiger partial charge is 0.309 e. The van der Waals surface area contributed by atoms with Crippen molar-refractivity contribution in [3.05, 3.63) is 28.1 Å². The van der Waals surface area contributed by atoms with Gasteiger partial charge < -0.3 is 4.57 Å². The van der Waals surface area contributed by atoms with E-state index < -0.39 is 0 Å². The maximum atomic E-state index is 4.36. The minimum Gasteiger partial charge on any atom is -0.309 e. The van der Waals surface area contributed by atoms with Crippen molar-refractivity contribution < 1.29 is 0 Å². The maximum Gasteiger partial charge on any atom is 0.197 e. The van der Waals surface area contributed by atoms with Crippen LogP contribution < -0.4 is 0 Å². The van der Waals surface area contributed by atoms with Crippen molar-refractivity contribution in [1.82, 2.24) is 19.7 Å². The minimum atomic E-state index is 0.842. The molecule has 0 unspecified atom stereocenters. The van der Waals surface area contributed by atoms with Gasteiger partial charge in [0.05, 0.1) is 4.47 Å². The molecule has 2 aromatic heterocycles. The van der Waals surface area contributed by atoms with Crippen LogP contribution in [0.15, 0.2) is 26.9 Å². The SMILES string of the molecule is Cc1cnc(Sc2nnc(C)n2C)c(Br)c1. The summed E-state index contributed by atoms with van der Waals surface area (Å²) in [5, 5.41) is 9.84. The number of aryl methyl sites for hydroxylation is 2. The molecule has 84 valence electrons. The molecular formula is C10H11BrN4S. The Hall–Kier alpha value is -0.880. The Morgan fingerprint density at radius 3 is 2.62 bits per heavy atom. The molecule has 0 aliphatic heterocycles. The predicted octanol–water partition coefficient (Wildman–Crippen LogP) is 2.74. The van der Waals surface area contributed by atoms with Gasteiger partial charge >= 0.3 is 0 Å². The van der Waals surface area contributed by atoms with Crippen LogP contribution in [0.5, 0.6) is 0 Å². The molecule has 0 aromatic carbocycles. The summed E-state index contributed by atoms with van der Waals surface area (Å²) < 4.78 is 2.93. The Kier molecular flexibility index (Phi) is 3.30. The minimum absolute atomic E-state index is 0.842. The average Bonchev–Trinajstić information content (AvgIpc) is 2.54. The zero-order chi connectivity index (χ0) is 11.7. The van der Waals surface area contributed by atoms with E-state index in [-0.39, 0.29) is 0 Å². The zero-order valence-corrected chi connectivity index (χ0v) is 11.6. The Morgan fingerprint density at radius 2 is 2.06 bits per heavy atom. The molecular weight excluding hydrogens is 288 g/mol. The second-order valence-electron chi connectivity index (χ2n) is 3.49. The lowest BCUT2D eigenvalue weighted by Gasteiger charge is -2.03. The quantitative estimate of drug-likeness (QED) is 0.855. The molecule has 16 heavy (non-hydrogen) atoms. The molecule has 0 saturated heterocycles. The van der Waals surface area contributed by atoms with Crippen molar-refractivity contribution in [2.24, 2.45) is 7.05 Å². The number of halogens is 1. The normalized spacial score (nSPS) is 10.8. The van der Waals surface area contributed by atoms with Gasteiger partial charge in [-0.15, -0.1) is 10.2 Å². The lowest BCUT2D eigenvalue weighted by atomic mass is 10.3. The molecule has 0 N–H and O–H groups in total. The van der Waals surface area contributed by atoms with E-state index in [1.54, 1.807) is 0 Å². The molecule has 0 amide bonds. The van der Waals surface area contributed by atoms with Gasteiger partial charge in [0.25, 0.3) is 0 Å². The van der Waals surface area contributed by atoms with Crippen LogP contribution >= 0.6 is 27.7 Å². The molecule has 0 fully saturated rings. The molecule has 0 bridgehead atoms. The fourth-order valence-corrected chi connectivity index (χ4v) is 2.65. The Morgan fingerprint density at radius 1 is 1.31 bits per heavy atom. The van der Waals surface area contributed by atoms with Crippen molar-refractivity contribution in [2.45, 2.75) is 24.0 Å². The van der Waals surface area contributed by atoms with Crippen LogP contribution in [-0.2, 0) is 7.05 Å². The van der Waals surface area contributed by atoms with Gasteiger partial charge in [-0.1, -0.05) is 0 Å². The summed E-state index contributed by atoms with van der Waals surface area (Å²) in [4.78, 5) is 4.36. The van der Waals surface area contributed by atoms with Gasteiger partial charge in [-0.25, -0.2) is 4.98 Å². The molecule has 4 nitrogen and oxygen atoms in total. The highest BCUT2D eigenvalue weighted by molar-refractivity contribution is 9.10. The summed E-state index contributed by atoms with van der Waals surface area (Å²) in [6.45, 7) is 3.94. The van der Waals surface area contributed by atoms with Gasteiger partial charge in [0.15, 0.2) is 5.16 Å². The Labute approximate surface area is 107 Å². The van der Waals surface area contributed by atoms with Crippen LogP contribution in [0.1, 0.15) is 11.4 Å². The number of hydrogen-bond donors (Lipinski definition) is 0. The average molecular weight is 299 g/mol. The van der Waals surface area contributed by atoms with Crippen LogP contribution in [0.3, 0.4) is 0 Å². The number of aromatic nitrogens is 4. The summed E-state index contributed by atoms with van der Waals surface area (Å²) in [6.07, 6.45) is 1.84. The number of nitrogens with zero attached hydrogens (tertiary/aromatic N) is 4. The van der Waals surface area contributed by atoms with Gasteiger partial charge in [-0.3, -0.25) is 0 Å². The third-order valence-corrected chi connectivity index (χ3v) is 4.11. The van der Waals surface area contributed by atoms with Gasteiger partial charge in [0, 0.05) is 13.2 Å². The molecule has 2 heterocycles. The molecule has 0 aliphatic rings. The third kappa shape index (κ3) is 2.27. The summed E-state index contributed by atoms with van der Waals surface area (Å²) in [7, 11) is 1.94. The first-order valence-electron chi connectivity index (χ1n) is 4.74. The van der Waals surface area contributed by atoms with E-state index in [1.807, 2.05) is 37.7 Å². The number of hydrogen-bond acceptors (Lipinski definition) is 4. The van der Waals surface area contributed by atoms with Crippen molar-refractivity contribution >= 4 is 27.7 Å². The monoisotopic (exact) mass is 298 g/mol. The molecule has 2 rings (SSSR count). The predicted molar refractivity (Wildman–Crippen MR) is 66.5 cm³/mol. The molecule has 0 atom stereocenters. The van der Waals surface area contributed by atoms with E-state index in [0.29, 0.717) is 0 Å². The van der Waals surface area contributed by atoms with Crippen molar-refractivity contribution in [2.75, 3.05) is 0 Å². The first-order valence-corrected chi connectivity index (χ1v) is 6.35. The van der Waals surface area contributed by atoms with E-state index >= 15 is 0 Å². The maximum absolute atomic E-state index is 4.36. The Balaban J connectivity index is 2.30. The van der Waals surface area contributed by atoms with E-state index in [1.165, 1.54) is 11.8 Å². The second kappa shape index (κ2) is 4.55. The van der Waals surface area contributed by atoms with Gasteiger partial charge in [0.1, 0.15) is 10.9 Å². The van der Waals surface area contributed by atoms with Crippen LogP contribution in [0.2, 0.25) is 0 Å². The van der Waals surface area contributed by atoms with Gasteiger partial charge in [0.2, 0.25) is 0 Å². The fourth-order valence-electron chi connectivity index (χ4n) is 1.16. The summed E-state index contributed by atoms with van der Waals surface area (Å²) in [5.74, 6) is 0.894. The molecule has 0 radical (unpaired) electrons. The van der Waals surface area contributed by atoms with E-state index in [9.17, 15) is 0 Å². The second-order valence-corrected chi connectivity index (χ2v) is 5.30. The van der Waals surface area contributed by atoms with Gasteiger partial charge in [-0.05, 0) is 53.2 Å². The zero-order valence-electron chi connectivity index (χ0n) is 9.23. The van der Waals surface area contributed by atoms with E-state index in [4.69, 9.17) is 0 Å². The van der Waals surface area contributed by atoms with Gasteiger partial charge in [-0.2, -0.15) is 0 Å². The highest BCUT2D eigenvalue weighted by atomic mass is 79.9. The first kappa shape index (κ1) is 11.6. The smallest absolute Gasteiger partial charge is 0.197 e. The summed E-state index contributed by atoms with van der Waals surface area (Å²) in [5.41, 5.74) is 1.13. The van der Waals surface area contributed by atoms with Crippen LogP contribution in [-0.4, -0.2) is 19.7 Å². The Bertz CT molecular complexity index is 524. The molecule has 2 aromatic rings. The van der Waals surface area contributed by atoms with Crippen LogP contribution in [0.25, 0.3) is 0 Å². The molecule has 0 saturated carbocycles. The third-order valence-electron chi connectivity index (χ3n) is 2.18. The highest BCUT2D eigenvalue weighted by Crippen LogP contribution is 2.30. The summed E-state index contributed by atoms with van der Waals surface area (Å²) >= 11 is 5.00. The standard InChI is InChI=1S/C10H11BrN4S/c1-6-4-8(11)9(12-5-6)16-10-14-13-7(2)15(10)3/h4-5H,1-3H3. The number of rotatable bonds is 2. The first-order chi connectivity index (χ1) is 7.58. The molecule has 6 heteroatoms. The van der Waals surface area contributed by atoms with E-state index in [0.717, 1.165) is 26.0 Å². The topological polar surface area (TPSA) is 43.6 Å². The van der Waals surface area contributed by atoms with Crippen LogP contribution in [0, 0.1) is 13.8 Å². The number of pyridine rings is 1. The summed E-state index contributed by atoms with van der Waals surface area (Å²) in [6, 6.07) is 2.04. The fraction of sp³-hybridized carbons (Fsp3) is 0.300. The lowest BCUT2D eigenvalue weighted by molar-refractivity contribution is 0.764. The molecule has 0 aliphatic carbocycles. The molecule has 0 spiro atoms. The van der Waals surface area contributed by atoms with Crippen molar-refractivity contribution in [1.29, 1.82) is 0 Å². The highest BCUT2D eigenvalue weighted by Gasteiger charge is 2.10.